The van der Waals surface area contributed by atoms with E-state index in [9.17, 15) is 4.79 Å². The van der Waals surface area contributed by atoms with Gasteiger partial charge in [0.15, 0.2) is 0 Å². The summed E-state index contributed by atoms with van der Waals surface area (Å²) in [7, 11) is 0. The summed E-state index contributed by atoms with van der Waals surface area (Å²) in [5, 5.41) is 21.3. The molecule has 0 aromatic carbocycles. The monoisotopic (exact) mass is 378 g/mol. The maximum atomic E-state index is 12.3. The van der Waals surface area contributed by atoms with Crippen molar-refractivity contribution in [1.82, 2.24) is 10.6 Å². The number of hydrogen-bond donors (Lipinski definition) is 4. The molecule has 27 heavy (non-hydrogen) atoms. The Bertz CT molecular complexity index is 637. The van der Waals surface area contributed by atoms with Gasteiger partial charge in [0.05, 0.1) is 19.4 Å². The Labute approximate surface area is 157 Å². The van der Waals surface area contributed by atoms with Crippen LogP contribution in [-0.4, -0.2) is 40.1 Å². The molecule has 0 unspecified atom stereocenters. The van der Waals surface area contributed by atoms with E-state index in [1.54, 1.807) is 6.26 Å². The molecule has 4 N–H and O–H groups in total. The number of aliphatic carboxylic acids is 2. The highest BCUT2D eigenvalue weighted by molar-refractivity contribution is 6.27. The molecule has 0 spiro atoms. The van der Waals surface area contributed by atoms with Crippen LogP contribution in [-0.2, 0) is 20.9 Å². The molecular formula is C19H26N2O6. The molecule has 0 saturated heterocycles. The molecule has 1 amide bonds. The zero-order valence-electron chi connectivity index (χ0n) is 15.1. The van der Waals surface area contributed by atoms with Crippen molar-refractivity contribution in [2.24, 2.45) is 17.8 Å². The Hall–Kier alpha value is -2.35. The highest BCUT2D eigenvalue weighted by atomic mass is 16.4. The van der Waals surface area contributed by atoms with Crippen LogP contribution in [0.2, 0.25) is 0 Å². The maximum absolute atomic E-state index is 12.3. The van der Waals surface area contributed by atoms with Gasteiger partial charge in [0, 0.05) is 5.54 Å². The first-order chi connectivity index (χ1) is 12.8. The van der Waals surface area contributed by atoms with E-state index in [0.717, 1.165) is 23.5 Å². The summed E-state index contributed by atoms with van der Waals surface area (Å²) in [6, 6.07) is 3.79. The third-order valence-electron chi connectivity index (χ3n) is 5.79. The number of carboxylic acid groups (broad SMARTS) is 2. The molecule has 0 atom stereocenters. The molecule has 0 aliphatic heterocycles. The number of carbonyl (C=O) groups excluding carboxylic acids is 1. The first-order valence-electron chi connectivity index (χ1n) is 9.35. The number of hydrogen-bond acceptors (Lipinski definition) is 5. The maximum Gasteiger partial charge on any atom is 0.414 e. The number of carbonyl (C=O) groups is 3. The molecule has 8 nitrogen and oxygen atoms in total. The average molecular weight is 378 g/mol. The van der Waals surface area contributed by atoms with Crippen molar-refractivity contribution in [3.63, 3.8) is 0 Å². The van der Waals surface area contributed by atoms with E-state index < -0.39 is 11.9 Å². The van der Waals surface area contributed by atoms with E-state index in [2.05, 4.69) is 10.6 Å². The Morgan fingerprint density at radius 2 is 1.59 bits per heavy atom. The van der Waals surface area contributed by atoms with E-state index in [1.807, 2.05) is 12.1 Å². The van der Waals surface area contributed by atoms with Gasteiger partial charge >= 0.3 is 11.9 Å². The SMILES string of the molecule is O=C(CNCc1ccco1)NC12CC3CC(CC(C3)C1)C2.O=C(O)C(=O)O. The Morgan fingerprint density at radius 1 is 1.04 bits per heavy atom. The lowest BCUT2D eigenvalue weighted by atomic mass is 9.53. The molecule has 148 valence electrons. The summed E-state index contributed by atoms with van der Waals surface area (Å²) in [4.78, 5) is 30.5. The predicted octanol–water partition coefficient (Wildman–Crippen LogP) is 1.61. The topological polar surface area (TPSA) is 129 Å². The van der Waals surface area contributed by atoms with Crippen LogP contribution < -0.4 is 10.6 Å². The molecule has 4 fully saturated rings. The van der Waals surface area contributed by atoms with Crippen LogP contribution in [0.15, 0.2) is 22.8 Å². The molecule has 4 bridgehead atoms. The number of nitrogens with one attached hydrogen (secondary N) is 2. The second kappa shape index (κ2) is 8.12. The van der Waals surface area contributed by atoms with Gasteiger partial charge in [-0.2, -0.15) is 0 Å². The largest absolute Gasteiger partial charge is 0.473 e. The lowest BCUT2D eigenvalue weighted by molar-refractivity contribution is -0.159. The lowest BCUT2D eigenvalue weighted by Crippen LogP contribution is -2.60. The van der Waals surface area contributed by atoms with Crippen LogP contribution >= 0.6 is 0 Å². The van der Waals surface area contributed by atoms with Gasteiger partial charge in [0.25, 0.3) is 0 Å². The molecular weight excluding hydrogens is 352 g/mol. The quantitative estimate of drug-likeness (QED) is 0.573. The van der Waals surface area contributed by atoms with E-state index in [-0.39, 0.29) is 11.4 Å². The van der Waals surface area contributed by atoms with Crippen molar-refractivity contribution < 1.29 is 29.0 Å². The van der Waals surface area contributed by atoms with E-state index in [4.69, 9.17) is 24.2 Å². The number of amides is 1. The zero-order chi connectivity index (χ0) is 19.4. The molecule has 8 heteroatoms. The summed E-state index contributed by atoms with van der Waals surface area (Å²) in [5.41, 5.74) is 0.123. The first kappa shape index (κ1) is 19.4. The third-order valence-corrected chi connectivity index (χ3v) is 5.79. The molecule has 0 radical (unpaired) electrons. The predicted molar refractivity (Wildman–Crippen MR) is 94.7 cm³/mol. The fourth-order valence-electron chi connectivity index (χ4n) is 5.32. The van der Waals surface area contributed by atoms with Crippen molar-refractivity contribution in [3.05, 3.63) is 24.2 Å². The minimum Gasteiger partial charge on any atom is -0.473 e. The zero-order valence-corrected chi connectivity index (χ0v) is 15.1. The minimum atomic E-state index is -1.82. The molecule has 1 aromatic rings. The molecule has 4 aliphatic rings. The van der Waals surface area contributed by atoms with Gasteiger partial charge in [-0.1, -0.05) is 0 Å². The number of carboxylic acids is 2. The lowest BCUT2D eigenvalue weighted by Gasteiger charge is -2.56. The van der Waals surface area contributed by atoms with Crippen molar-refractivity contribution >= 4 is 17.8 Å². The number of rotatable bonds is 5. The van der Waals surface area contributed by atoms with Crippen LogP contribution in [0.5, 0.6) is 0 Å². The smallest absolute Gasteiger partial charge is 0.414 e. The fraction of sp³-hybridized carbons (Fsp3) is 0.632. The molecule has 1 aromatic heterocycles. The van der Waals surface area contributed by atoms with Gasteiger partial charge in [-0.05, 0) is 68.4 Å². The highest BCUT2D eigenvalue weighted by Gasteiger charge is 2.51. The second-order valence-corrected chi connectivity index (χ2v) is 8.04. The molecule has 4 saturated carbocycles. The Balaban J connectivity index is 0.000000307. The van der Waals surface area contributed by atoms with Crippen molar-refractivity contribution in [2.45, 2.75) is 50.6 Å². The average Bonchev–Trinajstić information content (AvgIpc) is 3.06. The normalized spacial score (nSPS) is 30.3. The summed E-state index contributed by atoms with van der Waals surface area (Å²) in [6.07, 6.45) is 9.52. The van der Waals surface area contributed by atoms with Crippen LogP contribution in [0.3, 0.4) is 0 Å². The Kier molecular flexibility index (Phi) is 5.84. The van der Waals surface area contributed by atoms with Crippen molar-refractivity contribution in [1.29, 1.82) is 0 Å². The summed E-state index contributed by atoms with van der Waals surface area (Å²) in [6.45, 7) is 0.990. The second-order valence-electron chi connectivity index (χ2n) is 8.04. The van der Waals surface area contributed by atoms with Gasteiger partial charge in [-0.15, -0.1) is 0 Å². The van der Waals surface area contributed by atoms with Crippen LogP contribution in [0.4, 0.5) is 0 Å². The van der Waals surface area contributed by atoms with Gasteiger partial charge < -0.3 is 25.3 Å². The molecule has 4 aliphatic carbocycles. The van der Waals surface area contributed by atoms with E-state index in [0.29, 0.717) is 13.1 Å². The van der Waals surface area contributed by atoms with Crippen LogP contribution in [0.25, 0.3) is 0 Å². The fourth-order valence-corrected chi connectivity index (χ4v) is 5.32. The molecule has 5 rings (SSSR count). The van der Waals surface area contributed by atoms with Crippen molar-refractivity contribution in [2.75, 3.05) is 6.54 Å². The third kappa shape index (κ3) is 5.09. The van der Waals surface area contributed by atoms with E-state index in [1.165, 1.54) is 38.5 Å². The van der Waals surface area contributed by atoms with E-state index >= 15 is 0 Å². The summed E-state index contributed by atoms with van der Waals surface area (Å²) < 4.78 is 5.26. The van der Waals surface area contributed by atoms with Crippen LogP contribution in [0, 0.1) is 17.8 Å². The van der Waals surface area contributed by atoms with Crippen LogP contribution in [0.1, 0.15) is 44.3 Å². The minimum absolute atomic E-state index is 0.123. The van der Waals surface area contributed by atoms with Crippen molar-refractivity contribution in [3.8, 4) is 0 Å². The summed E-state index contributed by atoms with van der Waals surface area (Å²) >= 11 is 0. The number of furan rings is 1. The van der Waals surface area contributed by atoms with Gasteiger partial charge in [0.1, 0.15) is 5.76 Å². The van der Waals surface area contributed by atoms with Gasteiger partial charge in [-0.3, -0.25) is 4.79 Å². The molecule has 1 heterocycles. The highest BCUT2D eigenvalue weighted by Crippen LogP contribution is 2.55. The first-order valence-corrected chi connectivity index (χ1v) is 9.35. The summed E-state index contributed by atoms with van der Waals surface area (Å²) in [5.74, 6) is -0.0287. The van der Waals surface area contributed by atoms with Gasteiger partial charge in [0.2, 0.25) is 5.91 Å². The Morgan fingerprint density at radius 3 is 2.04 bits per heavy atom. The van der Waals surface area contributed by atoms with Gasteiger partial charge in [-0.25, -0.2) is 9.59 Å². The standard InChI is InChI=1S/C17H24N2O2.C2H2O4/c20-16(11-18-10-15-2-1-3-21-15)19-17-7-12-4-13(8-17)6-14(5-12)9-17;3-1(4)2(5)6/h1-3,12-14,18H,4-11H2,(H,19,20);(H,3,4)(H,5,6).